The molecule has 0 radical (unpaired) electrons. The molecule has 1 spiro atoms. The largest absolute Gasteiger partial charge is 0.379 e. The minimum atomic E-state index is 0.231. The molecular formula is C20H28N4OS. The zero-order chi connectivity index (χ0) is 17.8. The van der Waals surface area contributed by atoms with E-state index in [2.05, 4.69) is 44.2 Å². The van der Waals surface area contributed by atoms with Gasteiger partial charge in [-0.15, -0.1) is 11.3 Å². The molecule has 2 aromatic heterocycles. The third-order valence-corrected chi connectivity index (χ3v) is 6.25. The number of ether oxygens (including phenoxy) is 1. The number of aryl methyl sites for hydroxylation is 1. The van der Waals surface area contributed by atoms with Gasteiger partial charge in [0.05, 0.1) is 29.6 Å². The zero-order valence-corrected chi connectivity index (χ0v) is 16.4. The number of hydrogen-bond donors (Lipinski definition) is 0. The van der Waals surface area contributed by atoms with E-state index in [9.17, 15) is 0 Å². The molecule has 0 N–H and O–H groups in total. The number of hydrogen-bond acceptors (Lipinski definition) is 6. The van der Waals surface area contributed by atoms with Crippen molar-refractivity contribution in [3.8, 4) is 0 Å². The van der Waals surface area contributed by atoms with Crippen LogP contribution in [0.15, 0.2) is 29.8 Å². The number of piperidine rings is 1. The monoisotopic (exact) mass is 372 g/mol. The predicted octanol–water partition coefficient (Wildman–Crippen LogP) is 2.96. The molecule has 0 saturated carbocycles. The fraction of sp³-hybridized carbons (Fsp3) is 0.600. The second-order valence-electron chi connectivity index (χ2n) is 7.76. The van der Waals surface area contributed by atoms with Gasteiger partial charge in [-0.1, -0.05) is 6.07 Å². The summed E-state index contributed by atoms with van der Waals surface area (Å²) in [6.07, 6.45) is 4.37. The highest BCUT2D eigenvalue weighted by molar-refractivity contribution is 7.09. The van der Waals surface area contributed by atoms with E-state index in [0.29, 0.717) is 0 Å². The maximum atomic E-state index is 6.06. The van der Waals surface area contributed by atoms with Crippen LogP contribution < -0.4 is 0 Å². The first-order valence-corrected chi connectivity index (χ1v) is 10.4. The average Bonchev–Trinajstić information content (AvgIpc) is 2.94. The fourth-order valence-corrected chi connectivity index (χ4v) is 4.94. The normalized spacial score (nSPS) is 25.4. The van der Waals surface area contributed by atoms with E-state index in [0.717, 1.165) is 56.6 Å². The lowest BCUT2D eigenvalue weighted by Gasteiger charge is -2.43. The van der Waals surface area contributed by atoms with Crippen molar-refractivity contribution in [2.45, 2.75) is 32.9 Å². The first-order chi connectivity index (χ1) is 12.7. The Morgan fingerprint density at radius 3 is 2.77 bits per heavy atom. The van der Waals surface area contributed by atoms with E-state index in [1.807, 2.05) is 12.3 Å². The van der Waals surface area contributed by atoms with E-state index in [1.165, 1.54) is 25.1 Å². The highest BCUT2D eigenvalue weighted by Gasteiger charge is 2.39. The number of rotatable bonds is 4. The summed E-state index contributed by atoms with van der Waals surface area (Å²) in [5.41, 5.74) is 2.59. The Morgan fingerprint density at radius 2 is 2.00 bits per heavy atom. The van der Waals surface area contributed by atoms with E-state index in [-0.39, 0.29) is 5.41 Å². The van der Waals surface area contributed by atoms with Gasteiger partial charge in [0.25, 0.3) is 0 Å². The average molecular weight is 373 g/mol. The smallest absolute Gasteiger partial charge is 0.0897 e. The van der Waals surface area contributed by atoms with Crippen molar-refractivity contribution >= 4 is 11.3 Å². The molecule has 0 aromatic carbocycles. The van der Waals surface area contributed by atoms with Crippen LogP contribution in [0.3, 0.4) is 0 Å². The molecule has 4 heterocycles. The van der Waals surface area contributed by atoms with Crippen LogP contribution >= 0.6 is 11.3 Å². The summed E-state index contributed by atoms with van der Waals surface area (Å²) >= 11 is 1.75. The number of aromatic nitrogens is 2. The predicted molar refractivity (Wildman–Crippen MR) is 104 cm³/mol. The fourth-order valence-electron chi connectivity index (χ4n) is 4.34. The Bertz CT molecular complexity index is 707. The van der Waals surface area contributed by atoms with E-state index in [1.54, 1.807) is 11.3 Å². The van der Waals surface area contributed by atoms with Gasteiger partial charge in [0.2, 0.25) is 0 Å². The minimum Gasteiger partial charge on any atom is -0.379 e. The second kappa shape index (κ2) is 8.13. The highest BCUT2D eigenvalue weighted by Crippen LogP contribution is 2.34. The van der Waals surface area contributed by atoms with Gasteiger partial charge in [-0.25, -0.2) is 4.98 Å². The molecule has 5 nitrogen and oxygen atoms in total. The third-order valence-electron chi connectivity index (χ3n) is 5.42. The van der Waals surface area contributed by atoms with Crippen molar-refractivity contribution in [3.05, 3.63) is 46.2 Å². The number of likely N-dealkylation sites (tertiary alicyclic amines) is 1. The molecule has 6 heteroatoms. The quantitative estimate of drug-likeness (QED) is 0.825. The van der Waals surface area contributed by atoms with Crippen molar-refractivity contribution in [1.82, 2.24) is 19.8 Å². The molecule has 2 aliphatic heterocycles. The Kier molecular flexibility index (Phi) is 5.64. The van der Waals surface area contributed by atoms with E-state index < -0.39 is 0 Å². The van der Waals surface area contributed by atoms with Crippen LogP contribution in [-0.4, -0.2) is 59.2 Å². The molecule has 26 heavy (non-hydrogen) atoms. The molecule has 0 aliphatic carbocycles. The molecule has 140 valence electrons. The van der Waals surface area contributed by atoms with Crippen LogP contribution in [0.4, 0.5) is 0 Å². The molecular weight excluding hydrogens is 344 g/mol. The van der Waals surface area contributed by atoms with Crippen LogP contribution in [0.5, 0.6) is 0 Å². The molecule has 2 aliphatic rings. The van der Waals surface area contributed by atoms with E-state index in [4.69, 9.17) is 4.74 Å². The maximum absolute atomic E-state index is 6.06. The van der Waals surface area contributed by atoms with Crippen LogP contribution in [0.2, 0.25) is 0 Å². The number of nitrogens with zero attached hydrogens (tertiary/aromatic N) is 4. The molecule has 4 rings (SSSR count). The zero-order valence-electron chi connectivity index (χ0n) is 15.6. The molecule has 2 saturated heterocycles. The molecule has 0 unspecified atom stereocenters. The van der Waals surface area contributed by atoms with Crippen molar-refractivity contribution in [3.63, 3.8) is 0 Å². The highest BCUT2D eigenvalue weighted by atomic mass is 32.1. The molecule has 2 fully saturated rings. The van der Waals surface area contributed by atoms with Crippen LogP contribution in [0.1, 0.15) is 29.2 Å². The Morgan fingerprint density at radius 1 is 1.15 bits per heavy atom. The van der Waals surface area contributed by atoms with Crippen LogP contribution in [0.25, 0.3) is 0 Å². The van der Waals surface area contributed by atoms with Crippen LogP contribution in [0, 0.1) is 12.3 Å². The Hall–Kier alpha value is -1.34. The summed E-state index contributed by atoms with van der Waals surface area (Å²) in [7, 11) is 0. The van der Waals surface area contributed by atoms with Crippen molar-refractivity contribution < 1.29 is 4.74 Å². The summed E-state index contributed by atoms with van der Waals surface area (Å²) < 4.78 is 6.06. The van der Waals surface area contributed by atoms with Gasteiger partial charge in [0.1, 0.15) is 0 Å². The molecule has 1 atom stereocenters. The van der Waals surface area contributed by atoms with Crippen molar-refractivity contribution in [2.75, 3.05) is 39.4 Å². The topological polar surface area (TPSA) is 41.5 Å². The standard InChI is InChI=1S/C20H28N4OS/c1-17-22-19(13-26-17)12-23-8-4-6-20(14-23)15-24(9-10-25-16-20)11-18-5-2-3-7-21-18/h2-3,5,7,13H,4,6,8-12,14-16H2,1H3/t20-/m1/s1. The second-order valence-corrected chi connectivity index (χ2v) is 8.82. The van der Waals surface area contributed by atoms with Gasteiger partial charge in [0, 0.05) is 49.7 Å². The van der Waals surface area contributed by atoms with E-state index >= 15 is 0 Å². The summed E-state index contributed by atoms with van der Waals surface area (Å²) in [5.74, 6) is 0. The Balaban J connectivity index is 1.43. The summed E-state index contributed by atoms with van der Waals surface area (Å²) in [5, 5.41) is 3.36. The maximum Gasteiger partial charge on any atom is 0.0897 e. The summed E-state index contributed by atoms with van der Waals surface area (Å²) in [6.45, 7) is 10.0. The number of thiazole rings is 1. The van der Waals surface area contributed by atoms with Gasteiger partial charge in [-0.05, 0) is 38.4 Å². The number of pyridine rings is 1. The summed E-state index contributed by atoms with van der Waals surface area (Å²) in [4.78, 5) is 14.3. The van der Waals surface area contributed by atoms with Gasteiger partial charge >= 0.3 is 0 Å². The minimum absolute atomic E-state index is 0.231. The SMILES string of the molecule is Cc1nc(CN2CCC[C@@]3(COCCN(Cc4ccccn4)C3)C2)cs1. The first kappa shape index (κ1) is 18.0. The van der Waals surface area contributed by atoms with Crippen molar-refractivity contribution in [1.29, 1.82) is 0 Å². The van der Waals surface area contributed by atoms with Gasteiger partial charge < -0.3 is 4.74 Å². The van der Waals surface area contributed by atoms with Gasteiger partial charge in [0.15, 0.2) is 0 Å². The van der Waals surface area contributed by atoms with Crippen LogP contribution in [-0.2, 0) is 17.8 Å². The van der Waals surface area contributed by atoms with Crippen molar-refractivity contribution in [2.24, 2.45) is 5.41 Å². The first-order valence-electron chi connectivity index (χ1n) is 9.54. The molecule has 0 bridgehead atoms. The van der Waals surface area contributed by atoms with Gasteiger partial charge in [-0.2, -0.15) is 0 Å². The lowest BCUT2D eigenvalue weighted by molar-refractivity contribution is 0.00210. The lowest BCUT2D eigenvalue weighted by atomic mass is 9.80. The molecule has 0 amide bonds. The van der Waals surface area contributed by atoms with Gasteiger partial charge in [-0.3, -0.25) is 14.8 Å². The Labute approximate surface area is 160 Å². The lowest BCUT2D eigenvalue weighted by Crippen LogP contribution is -2.50. The third kappa shape index (κ3) is 4.49. The molecule has 2 aromatic rings. The summed E-state index contributed by atoms with van der Waals surface area (Å²) in [6, 6.07) is 6.18.